The molecular formula is C12H17BrN2O2S. The van der Waals surface area contributed by atoms with Gasteiger partial charge in [-0.2, -0.15) is 4.31 Å². The largest absolute Gasteiger partial charge is 0.305 e. The Balaban J connectivity index is 2.28. The summed E-state index contributed by atoms with van der Waals surface area (Å²) in [5, 5.41) is 0. The normalized spacial score (nSPS) is 19.7. The fraction of sp³-hybridized carbons (Fsp3) is 0.500. The molecule has 1 heterocycles. The Bertz CT molecular complexity index is 519. The summed E-state index contributed by atoms with van der Waals surface area (Å²) in [5.41, 5.74) is 0. The Morgan fingerprint density at radius 2 is 1.83 bits per heavy atom. The zero-order valence-corrected chi connectivity index (χ0v) is 12.7. The van der Waals surface area contributed by atoms with Gasteiger partial charge in [-0.15, -0.1) is 0 Å². The Morgan fingerprint density at radius 1 is 1.11 bits per heavy atom. The standard InChI is InChI=1S/C12H17BrN2O2S/c1-14-7-4-8-15(10-9-14)18(16,17)12-6-3-2-5-11(12)13/h2-3,5-6H,4,7-10H2,1H3. The van der Waals surface area contributed by atoms with Gasteiger partial charge in [0.25, 0.3) is 0 Å². The lowest BCUT2D eigenvalue weighted by molar-refractivity contribution is 0.347. The molecular weight excluding hydrogens is 316 g/mol. The molecule has 0 saturated carbocycles. The Hall–Kier alpha value is -0.430. The highest BCUT2D eigenvalue weighted by atomic mass is 79.9. The first-order valence-electron chi connectivity index (χ1n) is 5.95. The number of sulfonamides is 1. The molecule has 0 N–H and O–H groups in total. The third-order valence-corrected chi connectivity index (χ3v) is 6.04. The van der Waals surface area contributed by atoms with Gasteiger partial charge in [0.1, 0.15) is 0 Å². The molecule has 4 nitrogen and oxygen atoms in total. The molecule has 1 saturated heterocycles. The van der Waals surface area contributed by atoms with Crippen molar-refractivity contribution < 1.29 is 8.42 Å². The lowest BCUT2D eigenvalue weighted by atomic mass is 10.4. The predicted octanol–water partition coefficient (Wildman–Crippen LogP) is 1.78. The van der Waals surface area contributed by atoms with Crippen molar-refractivity contribution in [3.05, 3.63) is 28.7 Å². The molecule has 6 heteroatoms. The molecule has 1 aromatic carbocycles. The third kappa shape index (κ3) is 2.93. The zero-order chi connectivity index (χ0) is 13.2. The first-order chi connectivity index (χ1) is 8.51. The summed E-state index contributed by atoms with van der Waals surface area (Å²) in [5.74, 6) is 0. The highest BCUT2D eigenvalue weighted by Crippen LogP contribution is 2.25. The number of halogens is 1. The molecule has 18 heavy (non-hydrogen) atoms. The summed E-state index contributed by atoms with van der Waals surface area (Å²) >= 11 is 3.31. The van der Waals surface area contributed by atoms with Gasteiger partial charge in [-0.1, -0.05) is 12.1 Å². The van der Waals surface area contributed by atoms with Crippen LogP contribution in [0.1, 0.15) is 6.42 Å². The maximum atomic E-state index is 12.5. The summed E-state index contributed by atoms with van der Waals surface area (Å²) < 4.78 is 27.3. The highest BCUT2D eigenvalue weighted by molar-refractivity contribution is 9.10. The van der Waals surface area contributed by atoms with E-state index in [2.05, 4.69) is 20.8 Å². The minimum atomic E-state index is -3.38. The second kappa shape index (κ2) is 5.69. The summed E-state index contributed by atoms with van der Waals surface area (Å²) in [6.07, 6.45) is 0.875. The van der Waals surface area contributed by atoms with Crippen molar-refractivity contribution in [3.63, 3.8) is 0 Å². The summed E-state index contributed by atoms with van der Waals surface area (Å²) in [7, 11) is -1.36. The zero-order valence-electron chi connectivity index (χ0n) is 10.3. The van der Waals surface area contributed by atoms with Gasteiger partial charge in [0.05, 0.1) is 4.90 Å². The highest BCUT2D eigenvalue weighted by Gasteiger charge is 2.27. The van der Waals surface area contributed by atoms with Crippen molar-refractivity contribution >= 4 is 26.0 Å². The van der Waals surface area contributed by atoms with Gasteiger partial charge >= 0.3 is 0 Å². The fourth-order valence-corrected chi connectivity index (χ4v) is 4.49. The molecule has 0 radical (unpaired) electrons. The van der Waals surface area contributed by atoms with Crippen LogP contribution in [0.2, 0.25) is 0 Å². The van der Waals surface area contributed by atoms with Gasteiger partial charge in [0, 0.05) is 24.1 Å². The second-order valence-corrected chi connectivity index (χ2v) is 7.25. The first-order valence-corrected chi connectivity index (χ1v) is 8.18. The van der Waals surface area contributed by atoms with E-state index in [1.54, 1.807) is 22.5 Å². The Labute approximate surface area is 117 Å². The van der Waals surface area contributed by atoms with Gasteiger partial charge in [0.2, 0.25) is 10.0 Å². The average Bonchev–Trinajstić information content (AvgIpc) is 2.54. The van der Waals surface area contributed by atoms with Crippen LogP contribution in [-0.2, 0) is 10.0 Å². The Kier molecular flexibility index (Phi) is 4.42. The van der Waals surface area contributed by atoms with Crippen molar-refractivity contribution in [2.24, 2.45) is 0 Å². The molecule has 2 rings (SSSR count). The molecule has 1 aliphatic heterocycles. The van der Waals surface area contributed by atoms with E-state index in [0.717, 1.165) is 19.5 Å². The lowest BCUT2D eigenvalue weighted by Gasteiger charge is -2.20. The maximum absolute atomic E-state index is 12.5. The van der Waals surface area contributed by atoms with Gasteiger partial charge in [-0.05, 0) is 48.1 Å². The van der Waals surface area contributed by atoms with Crippen molar-refractivity contribution in [1.29, 1.82) is 0 Å². The first kappa shape index (κ1) is 14.0. The summed E-state index contributed by atoms with van der Waals surface area (Å²) in [6.45, 7) is 2.87. The number of likely N-dealkylation sites (N-methyl/N-ethyl adjacent to an activating group) is 1. The predicted molar refractivity (Wildman–Crippen MR) is 75.0 cm³/mol. The van der Waals surface area contributed by atoms with Crippen LogP contribution in [0.5, 0.6) is 0 Å². The van der Waals surface area contributed by atoms with Crippen LogP contribution < -0.4 is 0 Å². The van der Waals surface area contributed by atoms with Crippen LogP contribution in [-0.4, -0.2) is 50.8 Å². The van der Waals surface area contributed by atoms with Crippen molar-refractivity contribution in [2.75, 3.05) is 33.2 Å². The molecule has 1 fully saturated rings. The number of rotatable bonds is 2. The summed E-state index contributed by atoms with van der Waals surface area (Å²) in [4.78, 5) is 2.52. The van der Waals surface area contributed by atoms with Gasteiger partial charge < -0.3 is 4.90 Å². The molecule has 0 unspecified atom stereocenters. The Morgan fingerprint density at radius 3 is 2.56 bits per heavy atom. The van der Waals surface area contributed by atoms with Crippen molar-refractivity contribution in [2.45, 2.75) is 11.3 Å². The van der Waals surface area contributed by atoms with E-state index in [0.29, 0.717) is 22.5 Å². The molecule has 0 aliphatic carbocycles. The number of nitrogens with zero attached hydrogens (tertiary/aromatic N) is 2. The van der Waals surface area contributed by atoms with Crippen LogP contribution in [0, 0.1) is 0 Å². The molecule has 0 bridgehead atoms. The van der Waals surface area contributed by atoms with Crippen molar-refractivity contribution in [1.82, 2.24) is 9.21 Å². The van der Waals surface area contributed by atoms with E-state index in [-0.39, 0.29) is 0 Å². The molecule has 0 amide bonds. The lowest BCUT2D eigenvalue weighted by Crippen LogP contribution is -2.34. The number of benzene rings is 1. The maximum Gasteiger partial charge on any atom is 0.244 e. The molecule has 0 spiro atoms. The average molecular weight is 333 g/mol. The monoisotopic (exact) mass is 332 g/mol. The molecule has 0 atom stereocenters. The van der Waals surface area contributed by atoms with Gasteiger partial charge in [0.15, 0.2) is 0 Å². The van der Waals surface area contributed by atoms with E-state index >= 15 is 0 Å². The fourth-order valence-electron chi connectivity index (χ4n) is 2.06. The molecule has 1 aliphatic rings. The van der Waals surface area contributed by atoms with Crippen LogP contribution >= 0.6 is 15.9 Å². The van der Waals surface area contributed by atoms with Crippen LogP contribution in [0.4, 0.5) is 0 Å². The second-order valence-electron chi connectivity index (χ2n) is 4.49. The molecule has 1 aromatic rings. The number of hydrogen-bond donors (Lipinski definition) is 0. The number of hydrogen-bond acceptors (Lipinski definition) is 3. The van der Waals surface area contributed by atoms with Crippen LogP contribution in [0.25, 0.3) is 0 Å². The van der Waals surface area contributed by atoms with Crippen LogP contribution in [0.3, 0.4) is 0 Å². The smallest absolute Gasteiger partial charge is 0.244 e. The third-order valence-electron chi connectivity index (χ3n) is 3.13. The molecule has 0 aromatic heterocycles. The van der Waals surface area contributed by atoms with E-state index < -0.39 is 10.0 Å². The summed E-state index contributed by atoms with van der Waals surface area (Å²) in [6, 6.07) is 6.98. The van der Waals surface area contributed by atoms with Gasteiger partial charge in [-0.25, -0.2) is 8.42 Å². The molecule has 100 valence electrons. The SMILES string of the molecule is CN1CCCN(S(=O)(=O)c2ccccc2Br)CC1. The minimum absolute atomic E-state index is 0.356. The van der Waals surface area contributed by atoms with E-state index in [9.17, 15) is 8.42 Å². The quantitative estimate of drug-likeness (QED) is 0.828. The minimum Gasteiger partial charge on any atom is -0.305 e. The van der Waals surface area contributed by atoms with Crippen LogP contribution in [0.15, 0.2) is 33.6 Å². The van der Waals surface area contributed by atoms with E-state index in [1.807, 2.05) is 13.1 Å². The van der Waals surface area contributed by atoms with E-state index in [1.165, 1.54) is 0 Å². The van der Waals surface area contributed by atoms with Gasteiger partial charge in [-0.3, -0.25) is 0 Å². The van der Waals surface area contributed by atoms with E-state index in [4.69, 9.17) is 0 Å². The van der Waals surface area contributed by atoms with Crippen molar-refractivity contribution in [3.8, 4) is 0 Å². The topological polar surface area (TPSA) is 40.6 Å².